The SMILES string of the molecule is CCCCCCCCCCCCCCCC(=O)OCC(COP(=O)(OC)OCCN(C)C)OC(=O)CCC1c2[nH]c(cc3nc(cc4[nH]c(cc5nc6c2CC(=O)C6=C5C)c(CC)c4C)C(C(C)OCCCCCCCCCC)=C3C)C1C. The summed E-state index contributed by atoms with van der Waals surface area (Å²) in [6.45, 7) is 17.7. The molecular formula is C67H104N5O10P. The number of hydrogen-bond donors (Lipinski definition) is 2. The van der Waals surface area contributed by atoms with E-state index in [-0.39, 0.29) is 62.8 Å². The normalized spacial score (nSPS) is 16.9. The number of unbranched alkanes of at least 4 members (excludes halogenated alkanes) is 19. The lowest BCUT2D eigenvalue weighted by Gasteiger charge is -2.22. The van der Waals surface area contributed by atoms with Gasteiger partial charge in [0.25, 0.3) is 0 Å². The number of carbonyl (C=O) groups excluding carboxylic acids is 3. The average Bonchev–Trinajstić information content (AvgIpc) is 4.35. The molecule has 5 unspecified atom stereocenters. The van der Waals surface area contributed by atoms with Crippen LogP contribution in [0, 0.1) is 6.92 Å². The number of fused-ring (bicyclic) bond motifs is 8. The van der Waals surface area contributed by atoms with Crippen LogP contribution in [-0.2, 0) is 59.6 Å². The number of nitrogens with zero attached hydrogens (tertiary/aromatic N) is 3. The first kappa shape index (κ1) is 67.6. The third kappa shape index (κ3) is 19.8. The summed E-state index contributed by atoms with van der Waals surface area (Å²) >= 11 is 0. The molecule has 0 amide bonds. The topological polar surface area (TPSA) is 184 Å². The number of likely N-dealkylation sites (N-methyl/N-ethyl adjacent to an activating group) is 1. The highest BCUT2D eigenvalue weighted by Gasteiger charge is 2.39. The van der Waals surface area contributed by atoms with Gasteiger partial charge in [0.05, 0.1) is 42.1 Å². The fraction of sp³-hybridized carbons (Fsp3) is 0.687. The van der Waals surface area contributed by atoms with Crippen molar-refractivity contribution in [3.05, 3.63) is 69.1 Å². The predicted molar refractivity (Wildman–Crippen MR) is 335 cm³/mol. The first-order valence-electron chi connectivity index (χ1n) is 32.1. The van der Waals surface area contributed by atoms with Crippen LogP contribution in [0.5, 0.6) is 0 Å². The molecule has 0 radical (unpaired) electrons. The Kier molecular flexibility index (Phi) is 28.2. The Labute approximate surface area is 497 Å². The van der Waals surface area contributed by atoms with Crippen molar-refractivity contribution in [2.75, 3.05) is 54.2 Å². The van der Waals surface area contributed by atoms with Crippen LogP contribution >= 0.6 is 7.82 Å². The van der Waals surface area contributed by atoms with Gasteiger partial charge in [-0.25, -0.2) is 14.5 Å². The van der Waals surface area contributed by atoms with Crippen molar-refractivity contribution >= 4 is 58.9 Å². The monoisotopic (exact) mass is 1170 g/mol. The van der Waals surface area contributed by atoms with Crippen molar-refractivity contribution in [3.8, 4) is 0 Å². The molecule has 0 aromatic carbocycles. The molecular weight excluding hydrogens is 1070 g/mol. The number of hydrogen-bond acceptors (Lipinski definition) is 13. The van der Waals surface area contributed by atoms with Crippen LogP contribution in [0.2, 0.25) is 0 Å². The maximum Gasteiger partial charge on any atom is 0.474 e. The molecule has 0 spiro atoms. The number of ketones is 1. The first-order chi connectivity index (χ1) is 40.0. The number of aromatic amines is 2. The summed E-state index contributed by atoms with van der Waals surface area (Å²) < 4.78 is 48.4. The summed E-state index contributed by atoms with van der Waals surface area (Å²) in [5.74, 6) is -1.32. The molecule has 0 saturated carbocycles. The molecule has 3 aliphatic heterocycles. The summed E-state index contributed by atoms with van der Waals surface area (Å²) in [7, 11) is 0.915. The second-order valence-electron chi connectivity index (χ2n) is 24.0. The van der Waals surface area contributed by atoms with Gasteiger partial charge in [0.2, 0.25) is 0 Å². The van der Waals surface area contributed by atoms with E-state index in [9.17, 15) is 18.9 Å². The summed E-state index contributed by atoms with van der Waals surface area (Å²) in [6, 6.07) is 6.35. The lowest BCUT2D eigenvalue weighted by atomic mass is 9.85. The molecule has 462 valence electrons. The molecule has 5 atom stereocenters. The van der Waals surface area contributed by atoms with Crippen LogP contribution in [0.1, 0.15) is 265 Å². The zero-order chi connectivity index (χ0) is 59.9. The fourth-order valence-electron chi connectivity index (χ4n) is 12.1. The van der Waals surface area contributed by atoms with E-state index >= 15 is 0 Å². The highest BCUT2D eigenvalue weighted by molar-refractivity contribution is 7.48. The molecule has 83 heavy (non-hydrogen) atoms. The van der Waals surface area contributed by atoms with Crippen LogP contribution in [0.3, 0.4) is 0 Å². The Morgan fingerprint density at radius 2 is 1.31 bits per heavy atom. The number of nitrogens with one attached hydrogen (secondary N) is 2. The van der Waals surface area contributed by atoms with Crippen molar-refractivity contribution in [1.82, 2.24) is 24.8 Å². The Morgan fingerprint density at radius 1 is 0.711 bits per heavy atom. The molecule has 8 bridgehead atoms. The third-order valence-electron chi connectivity index (χ3n) is 17.2. The van der Waals surface area contributed by atoms with Crippen molar-refractivity contribution in [1.29, 1.82) is 0 Å². The summed E-state index contributed by atoms with van der Waals surface area (Å²) in [5.41, 5.74) is 13.5. The van der Waals surface area contributed by atoms with Gasteiger partial charge in [0.1, 0.15) is 6.61 Å². The molecule has 15 nitrogen and oxygen atoms in total. The average molecular weight is 1170 g/mol. The number of carbonyl (C=O) groups is 3. The summed E-state index contributed by atoms with van der Waals surface area (Å²) in [6.07, 6.45) is 25.6. The van der Waals surface area contributed by atoms with Crippen LogP contribution in [0.15, 0.2) is 18.2 Å². The van der Waals surface area contributed by atoms with Crippen molar-refractivity contribution in [2.24, 2.45) is 0 Å². The Balaban J connectivity index is 1.22. The third-order valence-corrected chi connectivity index (χ3v) is 18.6. The van der Waals surface area contributed by atoms with E-state index in [0.29, 0.717) is 37.3 Å². The van der Waals surface area contributed by atoms with Gasteiger partial charge in [-0.2, -0.15) is 0 Å². The number of H-pyrrole nitrogens is 2. The quantitative estimate of drug-likeness (QED) is 0.0365. The maximum absolute atomic E-state index is 14.2. The fourth-order valence-corrected chi connectivity index (χ4v) is 13.1. The molecule has 1 aliphatic carbocycles. The largest absolute Gasteiger partial charge is 0.474 e. The molecule has 6 rings (SSSR count). The number of Topliss-reactive ketones (excluding diaryl/α,β-unsaturated/α-hetero) is 1. The van der Waals surface area contributed by atoms with E-state index in [1.807, 2.05) is 25.9 Å². The van der Waals surface area contributed by atoms with E-state index in [1.54, 1.807) is 0 Å². The smallest absolute Gasteiger partial charge is 0.462 e. The van der Waals surface area contributed by atoms with Gasteiger partial charge >= 0.3 is 19.8 Å². The summed E-state index contributed by atoms with van der Waals surface area (Å²) in [5, 5.41) is 0. The van der Waals surface area contributed by atoms with E-state index in [4.69, 9.17) is 37.7 Å². The second-order valence-corrected chi connectivity index (χ2v) is 25.7. The standard InChI is InChI=1S/C67H104N5O10P/c1-12-15-17-19-21-23-24-25-26-27-28-30-32-34-62(74)79-44-51(45-81-83(76,77-11)80-39-37-72(9)10)82-63(75)36-35-53-47(5)56-41-57-48(6)64(50(8)78-38-33-31-29-22-20-18-16-13-2)60(69-57)43-55-46(4)52(14-3)59(68-55)42-58-49(7)65-61(73)40-54(66(53)70-56)67(65)71-58/h41-43,47,50-51,53,68,70H,12-40,44-45H2,1-11H3. The second kappa shape index (κ2) is 34.6. The number of esters is 2. The summed E-state index contributed by atoms with van der Waals surface area (Å²) in [4.78, 5) is 61.4. The van der Waals surface area contributed by atoms with Crippen LogP contribution in [0.4, 0.5) is 0 Å². The number of phosphoric ester groups is 1. The molecule has 0 fully saturated rings. The number of aromatic nitrogens is 4. The highest BCUT2D eigenvalue weighted by Crippen LogP contribution is 2.49. The minimum absolute atomic E-state index is 0.0139. The lowest BCUT2D eigenvalue weighted by Crippen LogP contribution is -2.30. The molecule has 2 aromatic rings. The minimum atomic E-state index is -4.05. The van der Waals surface area contributed by atoms with E-state index in [2.05, 4.69) is 76.6 Å². The number of allylic oxidation sites excluding steroid dienone is 3. The van der Waals surface area contributed by atoms with Gasteiger partial charge in [-0.05, 0) is 108 Å². The number of aryl methyl sites for hydroxylation is 2. The predicted octanol–water partition coefficient (Wildman–Crippen LogP) is 16.4. The van der Waals surface area contributed by atoms with Gasteiger partial charge in [0, 0.05) is 90.5 Å². The molecule has 5 heterocycles. The van der Waals surface area contributed by atoms with E-state index in [0.717, 1.165) is 106 Å². The number of phosphoric acid groups is 1. The van der Waals surface area contributed by atoms with Crippen LogP contribution < -0.4 is 0 Å². The molecule has 2 N–H and O–H groups in total. The van der Waals surface area contributed by atoms with Gasteiger partial charge in [0.15, 0.2) is 11.9 Å². The molecule has 16 heteroatoms. The molecule has 4 aliphatic rings. The van der Waals surface area contributed by atoms with Gasteiger partial charge < -0.3 is 29.1 Å². The molecule has 2 aromatic heterocycles. The molecule has 0 saturated heterocycles. The van der Waals surface area contributed by atoms with Gasteiger partial charge in [-0.3, -0.25) is 28.0 Å². The maximum atomic E-state index is 14.2. The van der Waals surface area contributed by atoms with Crippen LogP contribution in [0.25, 0.3) is 33.3 Å². The van der Waals surface area contributed by atoms with Gasteiger partial charge in [-0.1, -0.05) is 150 Å². The first-order valence-corrected chi connectivity index (χ1v) is 33.6. The number of rotatable bonds is 40. The van der Waals surface area contributed by atoms with Gasteiger partial charge in [-0.15, -0.1) is 0 Å². The highest BCUT2D eigenvalue weighted by atomic mass is 31.2. The zero-order valence-corrected chi connectivity index (χ0v) is 53.7. The Hall–Kier alpha value is -4.50. The van der Waals surface area contributed by atoms with Crippen molar-refractivity contribution in [3.63, 3.8) is 0 Å². The minimum Gasteiger partial charge on any atom is -0.462 e. The van der Waals surface area contributed by atoms with Crippen LogP contribution in [-0.4, -0.2) is 109 Å². The van der Waals surface area contributed by atoms with E-state index < -0.39 is 25.9 Å². The zero-order valence-electron chi connectivity index (χ0n) is 52.8. The lowest BCUT2D eigenvalue weighted by molar-refractivity contribution is -0.161. The Bertz CT molecular complexity index is 2780. The van der Waals surface area contributed by atoms with Crippen molar-refractivity contribution < 1.29 is 46.7 Å². The van der Waals surface area contributed by atoms with E-state index in [1.165, 1.54) is 109 Å². The Morgan fingerprint density at radius 3 is 1.93 bits per heavy atom. The number of ether oxygens (including phenoxy) is 3. The van der Waals surface area contributed by atoms with Crippen molar-refractivity contribution in [2.45, 2.75) is 246 Å².